The van der Waals surface area contributed by atoms with Crippen LogP contribution >= 0.6 is 0 Å². The molecule has 1 heterocycles. The van der Waals surface area contributed by atoms with Crippen molar-refractivity contribution in [3.63, 3.8) is 0 Å². The predicted octanol–water partition coefficient (Wildman–Crippen LogP) is 1.57. The number of aliphatic imine (C=N–C) groups is 1. The summed E-state index contributed by atoms with van der Waals surface area (Å²) < 4.78 is 10.0. The van der Waals surface area contributed by atoms with Gasteiger partial charge in [-0.15, -0.1) is 0 Å². The van der Waals surface area contributed by atoms with Crippen LogP contribution in [0.4, 0.5) is 0 Å². The minimum absolute atomic E-state index is 0.00658. The molecular weight excluding hydrogens is 310 g/mol. The van der Waals surface area contributed by atoms with E-state index in [1.165, 1.54) is 0 Å². The fourth-order valence-corrected chi connectivity index (χ4v) is 2.65. The van der Waals surface area contributed by atoms with Gasteiger partial charge in [0.05, 0.1) is 19.1 Å². The monoisotopic (exact) mass is 341 g/mol. The summed E-state index contributed by atoms with van der Waals surface area (Å²) in [6, 6.07) is 0. The Morgan fingerprint density at radius 3 is 2.38 bits per heavy atom. The van der Waals surface area contributed by atoms with Gasteiger partial charge in [0, 0.05) is 32.6 Å². The van der Waals surface area contributed by atoms with Crippen molar-refractivity contribution < 1.29 is 19.1 Å². The van der Waals surface area contributed by atoms with Crippen molar-refractivity contribution in [2.75, 3.05) is 39.4 Å². The van der Waals surface area contributed by atoms with Crippen molar-refractivity contribution in [2.24, 2.45) is 10.9 Å². The summed E-state index contributed by atoms with van der Waals surface area (Å²) in [6.45, 7) is 9.45. The average molecular weight is 341 g/mol. The van der Waals surface area contributed by atoms with Crippen LogP contribution in [0.3, 0.4) is 0 Å². The molecule has 7 heteroatoms. The lowest BCUT2D eigenvalue weighted by Crippen LogP contribution is -2.46. The molecule has 0 unspecified atom stereocenters. The fourth-order valence-electron chi connectivity index (χ4n) is 2.65. The van der Waals surface area contributed by atoms with Crippen molar-refractivity contribution in [1.29, 1.82) is 0 Å². The summed E-state index contributed by atoms with van der Waals surface area (Å²) in [5.41, 5.74) is 0. The number of ether oxygens (including phenoxy) is 2. The van der Waals surface area contributed by atoms with Crippen LogP contribution in [-0.2, 0) is 19.1 Å². The third-order valence-electron chi connectivity index (χ3n) is 3.86. The standard InChI is InChI=1S/C17H31N3O4/c1-4-18-17(19-11-7-8-15(21)23-5-2)20-12-9-14(10-13-20)16(22)24-6-3/h14H,4-13H2,1-3H3,(H,18,19). The third kappa shape index (κ3) is 7.19. The van der Waals surface area contributed by atoms with E-state index < -0.39 is 0 Å². The quantitative estimate of drug-likeness (QED) is 0.312. The van der Waals surface area contributed by atoms with E-state index in [0.29, 0.717) is 32.6 Å². The molecule has 1 rings (SSSR count). The SMILES string of the molecule is CCNC(=NCCCC(=O)OCC)N1CCC(C(=O)OCC)CC1. The Morgan fingerprint density at radius 2 is 1.79 bits per heavy atom. The van der Waals surface area contributed by atoms with E-state index in [4.69, 9.17) is 9.47 Å². The summed E-state index contributed by atoms with van der Waals surface area (Å²) in [5.74, 6) is 0.582. The van der Waals surface area contributed by atoms with Crippen LogP contribution in [0.15, 0.2) is 4.99 Å². The van der Waals surface area contributed by atoms with Crippen LogP contribution in [0, 0.1) is 5.92 Å². The van der Waals surface area contributed by atoms with E-state index in [2.05, 4.69) is 15.2 Å². The number of likely N-dealkylation sites (tertiary alicyclic amines) is 1. The van der Waals surface area contributed by atoms with E-state index in [0.717, 1.165) is 38.4 Å². The Labute approximate surface area is 144 Å². The maximum Gasteiger partial charge on any atom is 0.309 e. The van der Waals surface area contributed by atoms with Gasteiger partial charge in [0.1, 0.15) is 0 Å². The fraction of sp³-hybridized carbons (Fsp3) is 0.824. The molecule has 0 aromatic carbocycles. The lowest BCUT2D eigenvalue weighted by atomic mass is 9.97. The molecule has 138 valence electrons. The first-order valence-electron chi connectivity index (χ1n) is 8.97. The van der Waals surface area contributed by atoms with Crippen molar-refractivity contribution in [3.8, 4) is 0 Å². The molecule has 1 saturated heterocycles. The highest BCUT2D eigenvalue weighted by atomic mass is 16.5. The lowest BCUT2D eigenvalue weighted by molar-refractivity contribution is -0.149. The molecule has 1 aliphatic heterocycles. The summed E-state index contributed by atoms with van der Waals surface area (Å²) >= 11 is 0. The molecule has 0 spiro atoms. The maximum absolute atomic E-state index is 11.8. The smallest absolute Gasteiger partial charge is 0.309 e. The van der Waals surface area contributed by atoms with Crippen LogP contribution in [0.1, 0.15) is 46.5 Å². The van der Waals surface area contributed by atoms with E-state index >= 15 is 0 Å². The van der Waals surface area contributed by atoms with Gasteiger partial charge >= 0.3 is 11.9 Å². The van der Waals surface area contributed by atoms with E-state index in [-0.39, 0.29) is 17.9 Å². The number of nitrogens with one attached hydrogen (secondary N) is 1. The highest BCUT2D eigenvalue weighted by Gasteiger charge is 2.27. The minimum atomic E-state index is -0.173. The van der Waals surface area contributed by atoms with Crippen molar-refractivity contribution >= 4 is 17.9 Å². The van der Waals surface area contributed by atoms with Gasteiger partial charge < -0.3 is 19.7 Å². The lowest BCUT2D eigenvalue weighted by Gasteiger charge is -2.33. The van der Waals surface area contributed by atoms with Crippen molar-refractivity contribution in [1.82, 2.24) is 10.2 Å². The van der Waals surface area contributed by atoms with Crippen molar-refractivity contribution in [2.45, 2.75) is 46.5 Å². The number of piperidine rings is 1. The average Bonchev–Trinajstić information content (AvgIpc) is 2.58. The first-order chi connectivity index (χ1) is 11.6. The number of hydrogen-bond donors (Lipinski definition) is 1. The first-order valence-corrected chi connectivity index (χ1v) is 8.97. The molecule has 24 heavy (non-hydrogen) atoms. The second kappa shape index (κ2) is 11.7. The van der Waals surface area contributed by atoms with Crippen LogP contribution < -0.4 is 5.32 Å². The van der Waals surface area contributed by atoms with Gasteiger partial charge in [-0.05, 0) is 40.0 Å². The van der Waals surface area contributed by atoms with Gasteiger partial charge in [-0.3, -0.25) is 14.6 Å². The Hall–Kier alpha value is -1.79. The Balaban J connectivity index is 2.43. The number of carbonyl (C=O) groups is 2. The predicted molar refractivity (Wildman–Crippen MR) is 92.8 cm³/mol. The second-order valence-corrected chi connectivity index (χ2v) is 5.66. The van der Waals surface area contributed by atoms with Crippen LogP contribution in [0.5, 0.6) is 0 Å². The Morgan fingerprint density at radius 1 is 1.12 bits per heavy atom. The zero-order chi connectivity index (χ0) is 17.8. The Kier molecular flexibility index (Phi) is 9.88. The van der Waals surface area contributed by atoms with Gasteiger partial charge in [0.2, 0.25) is 0 Å². The van der Waals surface area contributed by atoms with Gasteiger partial charge in [-0.1, -0.05) is 0 Å². The van der Waals surface area contributed by atoms with E-state index in [1.807, 2.05) is 13.8 Å². The maximum atomic E-state index is 11.8. The van der Waals surface area contributed by atoms with Crippen molar-refractivity contribution in [3.05, 3.63) is 0 Å². The summed E-state index contributed by atoms with van der Waals surface area (Å²) in [5, 5.41) is 3.28. The zero-order valence-electron chi connectivity index (χ0n) is 15.2. The first kappa shape index (κ1) is 20.3. The number of guanidine groups is 1. The number of carbonyl (C=O) groups excluding carboxylic acids is 2. The molecular formula is C17H31N3O4. The molecule has 0 radical (unpaired) electrons. The molecule has 0 atom stereocenters. The topological polar surface area (TPSA) is 80.2 Å². The largest absolute Gasteiger partial charge is 0.466 e. The van der Waals surface area contributed by atoms with Gasteiger partial charge in [0.15, 0.2) is 5.96 Å². The third-order valence-corrected chi connectivity index (χ3v) is 3.86. The van der Waals surface area contributed by atoms with Crippen LogP contribution in [0.25, 0.3) is 0 Å². The van der Waals surface area contributed by atoms with Gasteiger partial charge in [-0.25, -0.2) is 0 Å². The highest BCUT2D eigenvalue weighted by molar-refractivity contribution is 5.80. The summed E-state index contributed by atoms with van der Waals surface area (Å²) in [7, 11) is 0. The minimum Gasteiger partial charge on any atom is -0.466 e. The molecule has 1 aliphatic rings. The molecule has 0 saturated carbocycles. The molecule has 0 bridgehead atoms. The normalized spacial score (nSPS) is 16.0. The Bertz CT molecular complexity index is 418. The number of rotatable bonds is 8. The molecule has 7 nitrogen and oxygen atoms in total. The number of hydrogen-bond acceptors (Lipinski definition) is 5. The van der Waals surface area contributed by atoms with E-state index in [9.17, 15) is 9.59 Å². The summed E-state index contributed by atoms with van der Waals surface area (Å²) in [4.78, 5) is 29.9. The molecule has 0 aromatic heterocycles. The van der Waals surface area contributed by atoms with E-state index in [1.54, 1.807) is 6.92 Å². The van der Waals surface area contributed by atoms with Gasteiger partial charge in [-0.2, -0.15) is 0 Å². The zero-order valence-corrected chi connectivity index (χ0v) is 15.2. The molecule has 0 aromatic rings. The molecule has 1 N–H and O–H groups in total. The van der Waals surface area contributed by atoms with Gasteiger partial charge in [0.25, 0.3) is 0 Å². The van der Waals surface area contributed by atoms with Crippen LogP contribution in [-0.4, -0.2) is 62.2 Å². The molecule has 0 amide bonds. The summed E-state index contributed by atoms with van der Waals surface area (Å²) in [6.07, 6.45) is 2.63. The highest BCUT2D eigenvalue weighted by Crippen LogP contribution is 2.18. The van der Waals surface area contributed by atoms with Crippen LogP contribution in [0.2, 0.25) is 0 Å². The molecule has 1 fully saturated rings. The number of esters is 2. The number of nitrogens with zero attached hydrogens (tertiary/aromatic N) is 2. The second-order valence-electron chi connectivity index (χ2n) is 5.66. The molecule has 0 aliphatic carbocycles.